The van der Waals surface area contributed by atoms with Crippen LogP contribution in [0.3, 0.4) is 0 Å². The van der Waals surface area contributed by atoms with Crippen LogP contribution in [0.25, 0.3) is 0 Å². The van der Waals surface area contributed by atoms with E-state index in [9.17, 15) is 5.21 Å². The average Bonchev–Trinajstić information content (AvgIpc) is 2.10. The molecule has 11 heavy (non-hydrogen) atoms. The Bertz CT molecular complexity index is 94.5. The van der Waals surface area contributed by atoms with E-state index in [1.165, 1.54) is 0 Å². The number of hydrazine groups is 2. The molecule has 0 unspecified atom stereocenters. The highest BCUT2D eigenvalue weighted by Crippen LogP contribution is 2.01. The van der Waals surface area contributed by atoms with Crippen molar-refractivity contribution in [2.75, 3.05) is 26.3 Å². The SMILES string of the molecule is NN.NN[N+]1([O-])CCOCC1. The Morgan fingerprint density at radius 3 is 2.00 bits per heavy atom. The molecule has 0 atom stereocenters. The zero-order valence-corrected chi connectivity index (χ0v) is 6.32. The van der Waals surface area contributed by atoms with Gasteiger partial charge in [-0.05, 0) is 0 Å². The maximum atomic E-state index is 11.1. The number of morpholine rings is 1. The topological polar surface area (TPSA) is 122 Å². The average molecular weight is 165 g/mol. The minimum Gasteiger partial charge on any atom is -0.610 e. The molecule has 68 valence electrons. The summed E-state index contributed by atoms with van der Waals surface area (Å²) in [6, 6.07) is 0. The first kappa shape index (κ1) is 10.7. The summed E-state index contributed by atoms with van der Waals surface area (Å²) in [6.07, 6.45) is 0. The third kappa shape index (κ3) is 3.58. The lowest BCUT2D eigenvalue weighted by atomic mass is 10.5. The first-order valence-electron chi connectivity index (χ1n) is 3.24. The highest BCUT2D eigenvalue weighted by molar-refractivity contribution is 4.43. The summed E-state index contributed by atoms with van der Waals surface area (Å²) in [6.45, 7) is 1.79. The van der Waals surface area contributed by atoms with Crippen LogP contribution in [0.2, 0.25) is 0 Å². The summed E-state index contributed by atoms with van der Waals surface area (Å²) in [5, 5.41) is 11.1. The van der Waals surface area contributed by atoms with Crippen LogP contribution in [0.4, 0.5) is 0 Å². The van der Waals surface area contributed by atoms with Crippen molar-refractivity contribution in [1.82, 2.24) is 5.53 Å². The Kier molecular flexibility index (Phi) is 5.24. The lowest BCUT2D eigenvalue weighted by molar-refractivity contribution is -0.932. The number of nitrogens with zero attached hydrogens (tertiary/aromatic N) is 1. The van der Waals surface area contributed by atoms with Crippen molar-refractivity contribution in [3.63, 3.8) is 0 Å². The molecule has 7 heteroatoms. The molecule has 0 amide bonds. The monoisotopic (exact) mass is 165 g/mol. The van der Waals surface area contributed by atoms with Gasteiger partial charge in [0.05, 0.1) is 13.2 Å². The van der Waals surface area contributed by atoms with Crippen molar-refractivity contribution >= 4 is 0 Å². The van der Waals surface area contributed by atoms with Crippen molar-refractivity contribution in [2.45, 2.75) is 0 Å². The molecule has 1 saturated heterocycles. The van der Waals surface area contributed by atoms with E-state index in [0.29, 0.717) is 26.3 Å². The fraction of sp³-hybridized carbons (Fsp3) is 1.00. The molecule has 0 radical (unpaired) electrons. The standard InChI is InChI=1S/C4H11N3O2.H4N2/c5-6-7(8)1-3-9-4-2-7;1-2/h6H,1-5H2;1-2H2. The molecule has 0 saturated carbocycles. The maximum Gasteiger partial charge on any atom is 0.121 e. The van der Waals surface area contributed by atoms with E-state index in [-0.39, 0.29) is 0 Å². The van der Waals surface area contributed by atoms with Crippen LogP contribution < -0.4 is 23.1 Å². The summed E-state index contributed by atoms with van der Waals surface area (Å²) in [7, 11) is 0. The van der Waals surface area contributed by atoms with Gasteiger partial charge in [0, 0.05) is 0 Å². The molecule has 7 nitrogen and oxygen atoms in total. The molecule has 1 fully saturated rings. The third-order valence-electron chi connectivity index (χ3n) is 1.43. The van der Waals surface area contributed by atoms with Gasteiger partial charge in [0.15, 0.2) is 0 Å². The Balaban J connectivity index is 0.000000461. The molecule has 1 heterocycles. The molecule has 1 aliphatic rings. The van der Waals surface area contributed by atoms with Crippen molar-refractivity contribution in [2.24, 2.45) is 17.5 Å². The van der Waals surface area contributed by atoms with E-state index < -0.39 is 4.76 Å². The largest absolute Gasteiger partial charge is 0.610 e. The smallest absolute Gasteiger partial charge is 0.121 e. The normalized spacial score (nSPS) is 21.8. The predicted octanol–water partition coefficient (Wildman–Crippen LogP) is -2.47. The minimum atomic E-state index is -0.528. The molecule has 0 aromatic heterocycles. The number of ether oxygens (including phenoxy) is 1. The Labute approximate surface area is 65.1 Å². The van der Waals surface area contributed by atoms with Gasteiger partial charge in [0.25, 0.3) is 0 Å². The van der Waals surface area contributed by atoms with Crippen LogP contribution >= 0.6 is 0 Å². The molecule has 7 N–H and O–H groups in total. The van der Waals surface area contributed by atoms with Gasteiger partial charge in [-0.2, -0.15) is 0 Å². The Morgan fingerprint density at radius 1 is 1.27 bits per heavy atom. The fourth-order valence-corrected chi connectivity index (χ4v) is 0.767. The van der Waals surface area contributed by atoms with Gasteiger partial charge in [-0.3, -0.25) is 16.4 Å². The summed E-state index contributed by atoms with van der Waals surface area (Å²) in [4.78, 5) is 0. The highest BCUT2D eigenvalue weighted by atomic mass is 16.6. The van der Waals surface area contributed by atoms with Gasteiger partial charge in [-0.25, -0.2) is 5.84 Å². The lowest BCUT2D eigenvalue weighted by Crippen LogP contribution is -2.61. The van der Waals surface area contributed by atoms with Crippen LogP contribution in [0.5, 0.6) is 0 Å². The van der Waals surface area contributed by atoms with E-state index in [2.05, 4.69) is 17.2 Å². The number of nitrogens with one attached hydrogen (secondary N) is 1. The van der Waals surface area contributed by atoms with Gasteiger partial charge in [-0.15, -0.1) is 5.53 Å². The summed E-state index contributed by atoms with van der Waals surface area (Å²) in [5.41, 5.74) is 2.18. The summed E-state index contributed by atoms with van der Waals surface area (Å²) in [5.74, 6) is 13.0. The van der Waals surface area contributed by atoms with Crippen LogP contribution in [-0.2, 0) is 4.74 Å². The van der Waals surface area contributed by atoms with Crippen molar-refractivity contribution < 1.29 is 9.49 Å². The number of hydrogen-bond acceptors (Lipinski definition) is 6. The van der Waals surface area contributed by atoms with E-state index in [0.717, 1.165) is 0 Å². The van der Waals surface area contributed by atoms with Crippen LogP contribution in [-0.4, -0.2) is 31.1 Å². The summed E-state index contributed by atoms with van der Waals surface area (Å²) < 4.78 is 4.43. The van der Waals surface area contributed by atoms with E-state index in [1.807, 2.05) is 0 Å². The van der Waals surface area contributed by atoms with Crippen molar-refractivity contribution in [3.05, 3.63) is 5.21 Å². The van der Waals surface area contributed by atoms with Gasteiger partial charge in [-0.1, -0.05) is 0 Å². The van der Waals surface area contributed by atoms with Gasteiger partial charge in [0.2, 0.25) is 0 Å². The van der Waals surface area contributed by atoms with Crippen LogP contribution in [0.1, 0.15) is 0 Å². The molecule has 0 spiro atoms. The van der Waals surface area contributed by atoms with E-state index in [1.54, 1.807) is 0 Å². The minimum absolute atomic E-state index is 0.399. The van der Waals surface area contributed by atoms with E-state index in [4.69, 9.17) is 10.6 Å². The second kappa shape index (κ2) is 5.38. The first-order valence-corrected chi connectivity index (χ1v) is 3.24. The van der Waals surface area contributed by atoms with Gasteiger partial charge >= 0.3 is 0 Å². The Hall–Kier alpha value is -0.280. The molecular weight excluding hydrogens is 150 g/mol. The first-order chi connectivity index (χ1) is 5.27. The molecule has 0 bridgehead atoms. The second-order valence-electron chi connectivity index (χ2n) is 2.08. The predicted molar refractivity (Wildman–Crippen MR) is 39.9 cm³/mol. The second-order valence-corrected chi connectivity index (χ2v) is 2.08. The quantitative estimate of drug-likeness (QED) is 0.148. The maximum absolute atomic E-state index is 11.1. The van der Waals surface area contributed by atoms with Gasteiger partial charge in [0.1, 0.15) is 13.1 Å². The number of quaternary nitrogens is 1. The van der Waals surface area contributed by atoms with Gasteiger partial charge < -0.3 is 9.94 Å². The molecule has 1 aliphatic heterocycles. The van der Waals surface area contributed by atoms with Crippen molar-refractivity contribution in [3.8, 4) is 0 Å². The van der Waals surface area contributed by atoms with Crippen LogP contribution in [0.15, 0.2) is 0 Å². The number of hydroxylamine groups is 2. The number of hydrogen-bond donors (Lipinski definition) is 4. The molecule has 0 aliphatic carbocycles. The zero-order valence-electron chi connectivity index (χ0n) is 6.32. The molecular formula is C4H15N5O2. The number of nitrogens with two attached hydrogens (primary N) is 3. The molecule has 1 rings (SSSR count). The molecule has 0 aromatic rings. The lowest BCUT2D eigenvalue weighted by Gasteiger charge is -2.41. The zero-order chi connectivity index (χ0) is 8.74. The third-order valence-corrected chi connectivity index (χ3v) is 1.43. The fourth-order valence-electron chi connectivity index (χ4n) is 0.767. The summed E-state index contributed by atoms with van der Waals surface area (Å²) >= 11 is 0. The number of rotatable bonds is 1. The molecule has 0 aromatic carbocycles. The van der Waals surface area contributed by atoms with Crippen LogP contribution in [0, 0.1) is 5.21 Å². The Morgan fingerprint density at radius 2 is 1.73 bits per heavy atom. The highest BCUT2D eigenvalue weighted by Gasteiger charge is 2.19. The van der Waals surface area contributed by atoms with E-state index >= 15 is 0 Å². The van der Waals surface area contributed by atoms with Crippen molar-refractivity contribution in [1.29, 1.82) is 0 Å².